The van der Waals surface area contributed by atoms with Crippen LogP contribution >= 0.6 is 0 Å². The standard InChI is InChI=1S/C18H12FNO5/c19-14-5-4-12(13(6-14)9-20)10-25-15-3-1-2-11(7-15)16(21)8-17(22)18(23)24/h1-7H,8,10H2,(H,23,24). The number of nitrogens with zero attached hydrogens (tertiary/aromatic N) is 1. The number of Topliss-reactive ketones (excluding diaryl/α,β-unsaturated/α-hetero) is 2. The lowest BCUT2D eigenvalue weighted by Gasteiger charge is -2.09. The van der Waals surface area contributed by atoms with Crippen LogP contribution in [-0.2, 0) is 16.2 Å². The average Bonchev–Trinajstić information content (AvgIpc) is 2.60. The quantitative estimate of drug-likeness (QED) is 0.471. The van der Waals surface area contributed by atoms with Crippen LogP contribution in [0.1, 0.15) is 27.9 Å². The molecule has 0 unspecified atom stereocenters. The van der Waals surface area contributed by atoms with Gasteiger partial charge in [-0.2, -0.15) is 5.26 Å². The van der Waals surface area contributed by atoms with Crippen molar-refractivity contribution in [1.29, 1.82) is 5.26 Å². The molecule has 0 saturated carbocycles. The average molecular weight is 341 g/mol. The lowest BCUT2D eigenvalue weighted by atomic mass is 10.1. The van der Waals surface area contributed by atoms with Crippen LogP contribution in [0.2, 0.25) is 0 Å². The second-order valence-corrected chi connectivity index (χ2v) is 5.06. The molecule has 2 aromatic carbocycles. The molecule has 0 radical (unpaired) electrons. The highest BCUT2D eigenvalue weighted by Gasteiger charge is 2.18. The first kappa shape index (κ1) is 17.8. The number of carbonyl (C=O) groups excluding carboxylic acids is 2. The molecule has 0 bridgehead atoms. The molecule has 126 valence electrons. The number of hydrogen-bond acceptors (Lipinski definition) is 5. The van der Waals surface area contributed by atoms with Crippen molar-refractivity contribution in [2.45, 2.75) is 13.0 Å². The summed E-state index contributed by atoms with van der Waals surface area (Å²) in [6.07, 6.45) is -0.741. The van der Waals surface area contributed by atoms with Crippen LogP contribution in [0.3, 0.4) is 0 Å². The Morgan fingerprint density at radius 3 is 2.60 bits per heavy atom. The highest BCUT2D eigenvalue weighted by molar-refractivity contribution is 6.37. The monoisotopic (exact) mass is 341 g/mol. The van der Waals surface area contributed by atoms with Gasteiger partial charge in [0.25, 0.3) is 0 Å². The fourth-order valence-corrected chi connectivity index (χ4v) is 2.02. The highest BCUT2D eigenvalue weighted by Crippen LogP contribution is 2.18. The van der Waals surface area contributed by atoms with Gasteiger partial charge in [0.15, 0.2) is 5.78 Å². The predicted octanol–water partition coefficient (Wildman–Crippen LogP) is 2.50. The smallest absolute Gasteiger partial charge is 0.372 e. The maximum Gasteiger partial charge on any atom is 0.372 e. The van der Waals surface area contributed by atoms with E-state index in [2.05, 4.69) is 0 Å². The van der Waals surface area contributed by atoms with E-state index in [9.17, 15) is 18.8 Å². The van der Waals surface area contributed by atoms with Gasteiger partial charge < -0.3 is 9.84 Å². The van der Waals surface area contributed by atoms with Gasteiger partial charge in [-0.05, 0) is 24.3 Å². The van der Waals surface area contributed by atoms with Crippen molar-refractivity contribution in [2.24, 2.45) is 0 Å². The Kier molecular flexibility index (Phi) is 5.58. The zero-order chi connectivity index (χ0) is 18.4. The lowest BCUT2D eigenvalue weighted by molar-refractivity contribution is -0.148. The summed E-state index contributed by atoms with van der Waals surface area (Å²) >= 11 is 0. The molecule has 0 aliphatic carbocycles. The second-order valence-electron chi connectivity index (χ2n) is 5.06. The van der Waals surface area contributed by atoms with Gasteiger partial charge >= 0.3 is 5.97 Å². The van der Waals surface area contributed by atoms with Crippen LogP contribution in [0.4, 0.5) is 4.39 Å². The van der Waals surface area contributed by atoms with E-state index in [0.717, 1.165) is 6.07 Å². The Labute approximate surface area is 142 Å². The van der Waals surface area contributed by atoms with Gasteiger partial charge in [-0.1, -0.05) is 18.2 Å². The number of nitriles is 1. The number of rotatable bonds is 7. The molecule has 0 saturated heterocycles. The van der Waals surface area contributed by atoms with E-state index in [1.54, 1.807) is 6.07 Å². The SMILES string of the molecule is N#Cc1cc(F)ccc1COc1cccc(C(=O)CC(=O)C(=O)O)c1. The number of ketones is 2. The molecule has 0 spiro atoms. The summed E-state index contributed by atoms with van der Waals surface area (Å²) in [5.74, 6) is -3.74. The summed E-state index contributed by atoms with van der Waals surface area (Å²) in [7, 11) is 0. The first-order valence-electron chi connectivity index (χ1n) is 7.11. The predicted molar refractivity (Wildman–Crippen MR) is 83.5 cm³/mol. The molecular formula is C18H12FNO5. The number of benzene rings is 2. The van der Waals surface area contributed by atoms with Gasteiger partial charge in [0.05, 0.1) is 18.1 Å². The Morgan fingerprint density at radius 2 is 1.92 bits per heavy atom. The minimum atomic E-state index is -1.67. The largest absolute Gasteiger partial charge is 0.489 e. The van der Waals surface area contributed by atoms with Gasteiger partial charge in [0.2, 0.25) is 5.78 Å². The van der Waals surface area contributed by atoms with Crippen molar-refractivity contribution in [2.75, 3.05) is 0 Å². The summed E-state index contributed by atoms with van der Waals surface area (Å²) < 4.78 is 18.6. The molecule has 0 heterocycles. The van der Waals surface area contributed by atoms with E-state index in [0.29, 0.717) is 11.3 Å². The van der Waals surface area contributed by atoms with Crippen LogP contribution < -0.4 is 4.74 Å². The fourth-order valence-electron chi connectivity index (χ4n) is 2.02. The molecule has 25 heavy (non-hydrogen) atoms. The van der Waals surface area contributed by atoms with Crippen molar-refractivity contribution in [3.63, 3.8) is 0 Å². The minimum Gasteiger partial charge on any atom is -0.489 e. The number of aliphatic carboxylic acids is 1. The van der Waals surface area contributed by atoms with Gasteiger partial charge in [0, 0.05) is 11.1 Å². The van der Waals surface area contributed by atoms with Crippen molar-refractivity contribution < 1.29 is 28.6 Å². The van der Waals surface area contributed by atoms with Crippen molar-refractivity contribution in [1.82, 2.24) is 0 Å². The van der Waals surface area contributed by atoms with Crippen LogP contribution in [0.15, 0.2) is 42.5 Å². The number of halogens is 1. The Balaban J connectivity index is 2.10. The fraction of sp³-hybridized carbons (Fsp3) is 0.111. The third-order valence-corrected chi connectivity index (χ3v) is 3.30. The number of carboxylic acids is 1. The molecule has 1 N–H and O–H groups in total. The summed E-state index contributed by atoms with van der Waals surface area (Å²) in [6, 6.07) is 11.5. The number of carboxylic acid groups (broad SMARTS) is 1. The third kappa shape index (κ3) is 4.72. The summed E-state index contributed by atoms with van der Waals surface area (Å²) in [4.78, 5) is 33.5. The number of hydrogen-bond donors (Lipinski definition) is 1. The first-order valence-corrected chi connectivity index (χ1v) is 7.11. The first-order chi connectivity index (χ1) is 11.9. The Hall–Kier alpha value is -3.53. The number of ether oxygens (including phenoxy) is 1. The molecule has 0 aliphatic rings. The molecule has 0 aliphatic heterocycles. The maximum absolute atomic E-state index is 13.1. The van der Waals surface area contributed by atoms with E-state index in [1.165, 1.54) is 30.3 Å². The molecular weight excluding hydrogens is 329 g/mol. The molecule has 0 aromatic heterocycles. The van der Waals surface area contributed by atoms with Gasteiger partial charge in [-0.15, -0.1) is 0 Å². The molecule has 2 rings (SSSR count). The van der Waals surface area contributed by atoms with Crippen LogP contribution in [0.25, 0.3) is 0 Å². The molecule has 6 nitrogen and oxygen atoms in total. The van der Waals surface area contributed by atoms with Gasteiger partial charge in [0.1, 0.15) is 18.2 Å². The molecule has 0 amide bonds. The van der Waals surface area contributed by atoms with Gasteiger partial charge in [-0.25, -0.2) is 9.18 Å². The Bertz CT molecular complexity index is 885. The number of carbonyl (C=O) groups is 3. The van der Waals surface area contributed by atoms with E-state index < -0.39 is 29.8 Å². The molecule has 0 fully saturated rings. The van der Waals surface area contributed by atoms with Crippen LogP contribution in [0, 0.1) is 17.1 Å². The summed E-state index contributed by atoms with van der Waals surface area (Å²) in [5, 5.41) is 17.5. The maximum atomic E-state index is 13.1. The topological polar surface area (TPSA) is 104 Å². The van der Waals surface area contributed by atoms with E-state index >= 15 is 0 Å². The van der Waals surface area contributed by atoms with Crippen LogP contribution in [-0.4, -0.2) is 22.6 Å². The highest BCUT2D eigenvalue weighted by atomic mass is 19.1. The lowest BCUT2D eigenvalue weighted by Crippen LogP contribution is -2.17. The molecule has 7 heteroatoms. The molecule has 0 atom stereocenters. The van der Waals surface area contributed by atoms with E-state index in [-0.39, 0.29) is 17.7 Å². The zero-order valence-corrected chi connectivity index (χ0v) is 12.9. The van der Waals surface area contributed by atoms with Crippen molar-refractivity contribution in [3.05, 3.63) is 65.0 Å². The van der Waals surface area contributed by atoms with Gasteiger partial charge in [-0.3, -0.25) is 9.59 Å². The zero-order valence-electron chi connectivity index (χ0n) is 12.9. The van der Waals surface area contributed by atoms with E-state index in [1.807, 2.05) is 6.07 Å². The third-order valence-electron chi connectivity index (χ3n) is 3.30. The van der Waals surface area contributed by atoms with Crippen LogP contribution in [0.5, 0.6) is 5.75 Å². The summed E-state index contributed by atoms with van der Waals surface area (Å²) in [5.41, 5.74) is 0.743. The molecule has 2 aromatic rings. The normalized spacial score (nSPS) is 9.92. The second kappa shape index (κ2) is 7.84. The van der Waals surface area contributed by atoms with Crippen molar-refractivity contribution >= 4 is 17.5 Å². The van der Waals surface area contributed by atoms with Crippen molar-refractivity contribution in [3.8, 4) is 11.8 Å². The minimum absolute atomic E-state index is 0.0190. The van der Waals surface area contributed by atoms with E-state index in [4.69, 9.17) is 15.1 Å². The Morgan fingerprint density at radius 1 is 1.16 bits per heavy atom. The summed E-state index contributed by atoms with van der Waals surface area (Å²) in [6.45, 7) is -0.0190.